The summed E-state index contributed by atoms with van der Waals surface area (Å²) >= 11 is 5.79. The predicted octanol–water partition coefficient (Wildman–Crippen LogP) is 4.42. The average Bonchev–Trinajstić information content (AvgIpc) is 2.46. The van der Waals surface area contributed by atoms with Gasteiger partial charge in [0.25, 0.3) is 5.69 Å². The van der Waals surface area contributed by atoms with Crippen molar-refractivity contribution in [3.8, 4) is 0 Å². The summed E-state index contributed by atoms with van der Waals surface area (Å²) in [5.41, 5.74) is 2.84. The Hall–Kier alpha value is -2.07. The first kappa shape index (κ1) is 14.3. The summed E-state index contributed by atoms with van der Waals surface area (Å²) in [6, 6.07) is 12.7. The fraction of sp³-hybridized carbons (Fsp3) is 0.200. The molecule has 0 amide bonds. The highest BCUT2D eigenvalue weighted by Crippen LogP contribution is 2.24. The van der Waals surface area contributed by atoms with Crippen LogP contribution in [0.2, 0.25) is 5.02 Å². The van der Waals surface area contributed by atoms with E-state index < -0.39 is 4.92 Å². The van der Waals surface area contributed by atoms with E-state index in [1.807, 2.05) is 24.3 Å². The Balaban J connectivity index is 2.12. The van der Waals surface area contributed by atoms with Gasteiger partial charge in [0.2, 0.25) is 0 Å². The monoisotopic (exact) mass is 290 g/mol. The molecule has 4 nitrogen and oxygen atoms in total. The number of nitro groups is 1. The summed E-state index contributed by atoms with van der Waals surface area (Å²) in [6.45, 7) is 2.48. The largest absolute Gasteiger partial charge is 0.381 e. The van der Waals surface area contributed by atoms with E-state index in [0.29, 0.717) is 17.1 Å². The first-order chi connectivity index (χ1) is 9.60. The van der Waals surface area contributed by atoms with Crippen LogP contribution in [-0.2, 0) is 13.0 Å². The Bertz CT molecular complexity index is 612. The molecule has 2 rings (SSSR count). The third kappa shape index (κ3) is 3.48. The maximum Gasteiger partial charge on any atom is 0.275 e. The maximum absolute atomic E-state index is 11.0. The molecule has 1 N–H and O–H groups in total. The maximum atomic E-state index is 11.0. The van der Waals surface area contributed by atoms with Gasteiger partial charge in [-0.1, -0.05) is 30.7 Å². The number of hydrogen-bond acceptors (Lipinski definition) is 3. The zero-order valence-corrected chi connectivity index (χ0v) is 11.9. The van der Waals surface area contributed by atoms with Gasteiger partial charge in [0.15, 0.2) is 0 Å². The molecule has 0 spiro atoms. The molecule has 0 unspecified atom stereocenters. The molecule has 0 aromatic heterocycles. The normalized spacial score (nSPS) is 10.3. The molecule has 0 atom stereocenters. The van der Waals surface area contributed by atoms with Crippen LogP contribution < -0.4 is 5.32 Å². The highest BCUT2D eigenvalue weighted by molar-refractivity contribution is 6.30. The van der Waals surface area contributed by atoms with Crippen molar-refractivity contribution in [2.45, 2.75) is 19.9 Å². The number of benzene rings is 2. The summed E-state index contributed by atoms with van der Waals surface area (Å²) < 4.78 is 0. The van der Waals surface area contributed by atoms with E-state index in [1.54, 1.807) is 12.1 Å². The van der Waals surface area contributed by atoms with Gasteiger partial charge in [-0.05, 0) is 36.2 Å². The van der Waals surface area contributed by atoms with E-state index in [9.17, 15) is 10.1 Å². The highest BCUT2D eigenvalue weighted by Gasteiger charge is 2.13. The second-order valence-corrected chi connectivity index (χ2v) is 4.87. The fourth-order valence-electron chi connectivity index (χ4n) is 1.91. The minimum atomic E-state index is -0.414. The SMILES string of the molecule is CCc1ccc(NCc2ccc(Cl)cc2[N+](=O)[O-])cc1. The first-order valence-electron chi connectivity index (χ1n) is 6.35. The van der Waals surface area contributed by atoms with Gasteiger partial charge >= 0.3 is 0 Å². The lowest BCUT2D eigenvalue weighted by Crippen LogP contribution is -2.03. The van der Waals surface area contributed by atoms with E-state index in [4.69, 9.17) is 11.6 Å². The third-order valence-electron chi connectivity index (χ3n) is 3.09. The van der Waals surface area contributed by atoms with Gasteiger partial charge in [0, 0.05) is 28.9 Å². The zero-order valence-electron chi connectivity index (χ0n) is 11.1. The van der Waals surface area contributed by atoms with Crippen LogP contribution in [0.25, 0.3) is 0 Å². The van der Waals surface area contributed by atoms with Gasteiger partial charge in [0.05, 0.1) is 4.92 Å². The lowest BCUT2D eigenvalue weighted by Gasteiger charge is -2.08. The zero-order chi connectivity index (χ0) is 14.5. The minimum Gasteiger partial charge on any atom is -0.381 e. The van der Waals surface area contributed by atoms with Crippen LogP contribution >= 0.6 is 11.6 Å². The van der Waals surface area contributed by atoms with Crippen molar-refractivity contribution in [3.63, 3.8) is 0 Å². The van der Waals surface area contributed by atoms with Crippen molar-refractivity contribution in [3.05, 3.63) is 68.7 Å². The van der Waals surface area contributed by atoms with Gasteiger partial charge in [-0.15, -0.1) is 0 Å². The van der Waals surface area contributed by atoms with Gasteiger partial charge in [-0.25, -0.2) is 0 Å². The minimum absolute atomic E-state index is 0.0372. The lowest BCUT2D eigenvalue weighted by atomic mass is 10.1. The van der Waals surface area contributed by atoms with E-state index in [0.717, 1.165) is 12.1 Å². The second-order valence-electron chi connectivity index (χ2n) is 4.43. The molecule has 0 fully saturated rings. The molecular formula is C15H15ClN2O2. The molecule has 0 saturated heterocycles. The van der Waals surface area contributed by atoms with Crippen molar-refractivity contribution in [1.29, 1.82) is 0 Å². The number of hydrogen-bond donors (Lipinski definition) is 1. The highest BCUT2D eigenvalue weighted by atomic mass is 35.5. The topological polar surface area (TPSA) is 55.2 Å². The van der Waals surface area contributed by atoms with Crippen molar-refractivity contribution in [2.24, 2.45) is 0 Å². The predicted molar refractivity (Wildman–Crippen MR) is 81.3 cm³/mol. The van der Waals surface area contributed by atoms with Crippen molar-refractivity contribution >= 4 is 23.0 Å². The number of nitro benzene ring substituents is 1. The van der Waals surface area contributed by atoms with Crippen LogP contribution in [0.5, 0.6) is 0 Å². The second kappa shape index (κ2) is 6.39. The molecular weight excluding hydrogens is 276 g/mol. The van der Waals surface area contributed by atoms with Gasteiger partial charge in [-0.3, -0.25) is 10.1 Å². The van der Waals surface area contributed by atoms with Crippen LogP contribution in [-0.4, -0.2) is 4.92 Å². The average molecular weight is 291 g/mol. The third-order valence-corrected chi connectivity index (χ3v) is 3.32. The van der Waals surface area contributed by atoms with E-state index >= 15 is 0 Å². The number of nitrogens with one attached hydrogen (secondary N) is 1. The standard InChI is InChI=1S/C15H15ClN2O2/c1-2-11-3-7-14(8-4-11)17-10-12-5-6-13(16)9-15(12)18(19)20/h3-9,17H,2,10H2,1H3. The Labute approximate surface area is 122 Å². The molecule has 0 saturated carbocycles. The Morgan fingerprint density at radius 3 is 2.50 bits per heavy atom. The molecule has 0 aliphatic rings. The fourth-order valence-corrected chi connectivity index (χ4v) is 2.08. The molecule has 20 heavy (non-hydrogen) atoms. The van der Waals surface area contributed by atoms with Crippen LogP contribution in [0.3, 0.4) is 0 Å². The Kier molecular flexibility index (Phi) is 4.58. The summed E-state index contributed by atoms with van der Waals surface area (Å²) in [5.74, 6) is 0. The Morgan fingerprint density at radius 1 is 1.20 bits per heavy atom. The number of rotatable bonds is 5. The molecule has 0 aliphatic carbocycles. The quantitative estimate of drug-likeness (QED) is 0.655. The van der Waals surface area contributed by atoms with Crippen LogP contribution in [0.1, 0.15) is 18.1 Å². The molecule has 0 heterocycles. The summed E-state index contributed by atoms with van der Waals surface area (Å²) in [4.78, 5) is 10.6. The first-order valence-corrected chi connectivity index (χ1v) is 6.73. The van der Waals surface area contributed by atoms with Gasteiger partial charge < -0.3 is 5.32 Å². The number of anilines is 1. The van der Waals surface area contributed by atoms with Crippen LogP contribution in [0.15, 0.2) is 42.5 Å². The van der Waals surface area contributed by atoms with E-state index in [1.165, 1.54) is 11.6 Å². The molecule has 5 heteroatoms. The number of halogens is 1. The van der Waals surface area contributed by atoms with Crippen molar-refractivity contribution < 1.29 is 4.92 Å². The molecule has 0 bridgehead atoms. The van der Waals surface area contributed by atoms with Gasteiger partial charge in [0.1, 0.15) is 0 Å². The summed E-state index contributed by atoms with van der Waals surface area (Å²) in [7, 11) is 0. The van der Waals surface area contributed by atoms with Gasteiger partial charge in [-0.2, -0.15) is 0 Å². The smallest absolute Gasteiger partial charge is 0.275 e. The molecule has 104 valence electrons. The lowest BCUT2D eigenvalue weighted by molar-refractivity contribution is -0.385. The number of aryl methyl sites for hydroxylation is 1. The van der Waals surface area contributed by atoms with Crippen molar-refractivity contribution in [1.82, 2.24) is 0 Å². The van der Waals surface area contributed by atoms with Crippen LogP contribution in [0.4, 0.5) is 11.4 Å². The Morgan fingerprint density at radius 2 is 1.90 bits per heavy atom. The molecule has 2 aromatic rings. The van der Waals surface area contributed by atoms with E-state index in [2.05, 4.69) is 12.2 Å². The van der Waals surface area contributed by atoms with E-state index in [-0.39, 0.29) is 5.69 Å². The summed E-state index contributed by atoms with van der Waals surface area (Å²) in [5, 5.41) is 14.5. The number of nitrogens with zero attached hydrogens (tertiary/aromatic N) is 1. The molecule has 0 radical (unpaired) electrons. The molecule has 2 aromatic carbocycles. The summed E-state index contributed by atoms with van der Waals surface area (Å²) in [6.07, 6.45) is 0.989. The van der Waals surface area contributed by atoms with Crippen molar-refractivity contribution in [2.75, 3.05) is 5.32 Å². The molecule has 0 aliphatic heterocycles. The van der Waals surface area contributed by atoms with Crippen LogP contribution in [0, 0.1) is 10.1 Å².